The summed E-state index contributed by atoms with van der Waals surface area (Å²) in [7, 11) is -1.80. The van der Waals surface area contributed by atoms with Crippen LogP contribution in [0.2, 0.25) is 0 Å². The summed E-state index contributed by atoms with van der Waals surface area (Å²) in [5.74, 6) is 0.509. The molecule has 4 nitrogen and oxygen atoms in total. The van der Waals surface area contributed by atoms with Crippen LogP contribution in [-0.2, 0) is 20.0 Å². The predicted octanol–water partition coefficient (Wildman–Crippen LogP) is 1.58. The number of hydrogen-bond acceptors (Lipinski definition) is 4. The molecule has 1 aromatic carbocycles. The molecule has 0 bridgehead atoms. The van der Waals surface area contributed by atoms with Crippen molar-refractivity contribution in [3.8, 4) is 5.75 Å². The lowest BCUT2D eigenvalue weighted by molar-refractivity contribution is -0.111. The summed E-state index contributed by atoms with van der Waals surface area (Å²) < 4.78 is 28.1. The van der Waals surface area contributed by atoms with E-state index in [4.69, 9.17) is 4.74 Å². The molecule has 0 saturated heterocycles. The van der Waals surface area contributed by atoms with Gasteiger partial charge < -0.3 is 9.53 Å². The summed E-state index contributed by atoms with van der Waals surface area (Å²) in [6.45, 7) is 3.42. The number of aldehydes is 1. The van der Waals surface area contributed by atoms with Gasteiger partial charge in [-0.3, -0.25) is 0 Å². The van der Waals surface area contributed by atoms with Gasteiger partial charge >= 0.3 is 0 Å². The SMILES string of the molecule is COc1ccc(S(C)(=O)=O)cc1C(C)(C)C=O. The Kier molecular flexibility index (Phi) is 3.62. The Balaban J connectivity index is 3.51. The van der Waals surface area contributed by atoms with Crippen molar-refractivity contribution in [1.82, 2.24) is 0 Å². The Labute approximate surface area is 102 Å². The molecule has 0 saturated carbocycles. The average molecular weight is 256 g/mol. The van der Waals surface area contributed by atoms with E-state index in [0.29, 0.717) is 11.3 Å². The van der Waals surface area contributed by atoms with Crippen molar-refractivity contribution < 1.29 is 17.9 Å². The van der Waals surface area contributed by atoms with Crippen LogP contribution in [0.1, 0.15) is 19.4 Å². The van der Waals surface area contributed by atoms with Gasteiger partial charge in [-0.15, -0.1) is 0 Å². The van der Waals surface area contributed by atoms with E-state index < -0.39 is 15.3 Å². The first-order valence-electron chi connectivity index (χ1n) is 5.07. The van der Waals surface area contributed by atoms with E-state index in [0.717, 1.165) is 12.5 Å². The topological polar surface area (TPSA) is 60.4 Å². The van der Waals surface area contributed by atoms with Crippen molar-refractivity contribution in [1.29, 1.82) is 0 Å². The summed E-state index contributed by atoms with van der Waals surface area (Å²) in [6.07, 6.45) is 1.91. The minimum Gasteiger partial charge on any atom is -0.496 e. The highest BCUT2D eigenvalue weighted by molar-refractivity contribution is 7.90. The Morgan fingerprint density at radius 1 is 1.29 bits per heavy atom. The standard InChI is InChI=1S/C12H16O4S/c1-12(2,8-13)10-7-9(17(4,14)15)5-6-11(10)16-3/h5-8H,1-4H3. The van der Waals surface area contributed by atoms with Crippen molar-refractivity contribution in [3.05, 3.63) is 23.8 Å². The van der Waals surface area contributed by atoms with E-state index in [1.165, 1.54) is 19.2 Å². The number of ether oxygens (including phenoxy) is 1. The van der Waals surface area contributed by atoms with E-state index in [1.807, 2.05) is 0 Å². The van der Waals surface area contributed by atoms with Gasteiger partial charge in [0.1, 0.15) is 12.0 Å². The molecule has 0 amide bonds. The first-order chi connectivity index (χ1) is 7.72. The van der Waals surface area contributed by atoms with Gasteiger partial charge in [-0.05, 0) is 32.0 Å². The van der Waals surface area contributed by atoms with Crippen LogP contribution in [-0.4, -0.2) is 28.1 Å². The molecule has 0 aromatic heterocycles. The van der Waals surface area contributed by atoms with E-state index >= 15 is 0 Å². The third-order valence-electron chi connectivity index (χ3n) is 2.59. The number of benzene rings is 1. The Hall–Kier alpha value is -1.36. The molecule has 0 aliphatic heterocycles. The fourth-order valence-electron chi connectivity index (χ4n) is 1.48. The van der Waals surface area contributed by atoms with Gasteiger partial charge in [0.25, 0.3) is 0 Å². The van der Waals surface area contributed by atoms with Crippen LogP contribution in [0.5, 0.6) is 5.75 Å². The molecule has 0 unspecified atom stereocenters. The molecule has 5 heteroatoms. The fraction of sp³-hybridized carbons (Fsp3) is 0.417. The monoisotopic (exact) mass is 256 g/mol. The summed E-state index contributed by atoms with van der Waals surface area (Å²) in [5.41, 5.74) is -0.218. The molecule has 0 atom stereocenters. The molecule has 0 aliphatic carbocycles. The number of carbonyl (C=O) groups excluding carboxylic acids is 1. The molecule has 0 fully saturated rings. The van der Waals surface area contributed by atoms with Gasteiger partial charge in [0.2, 0.25) is 0 Å². The van der Waals surface area contributed by atoms with Gasteiger partial charge in [0, 0.05) is 17.2 Å². The molecular formula is C12H16O4S. The van der Waals surface area contributed by atoms with E-state index in [-0.39, 0.29) is 4.90 Å². The number of carbonyl (C=O) groups is 1. The summed E-state index contributed by atoms with van der Waals surface area (Å²) in [6, 6.07) is 4.53. The van der Waals surface area contributed by atoms with Crippen molar-refractivity contribution >= 4 is 16.1 Å². The van der Waals surface area contributed by atoms with Crippen molar-refractivity contribution in [2.45, 2.75) is 24.2 Å². The Morgan fingerprint density at radius 2 is 1.88 bits per heavy atom. The molecule has 0 radical (unpaired) electrons. The highest BCUT2D eigenvalue weighted by Crippen LogP contribution is 2.32. The van der Waals surface area contributed by atoms with Gasteiger partial charge in [-0.1, -0.05) is 0 Å². The van der Waals surface area contributed by atoms with E-state index in [1.54, 1.807) is 19.9 Å². The quantitative estimate of drug-likeness (QED) is 0.767. The minimum absolute atomic E-state index is 0.184. The van der Waals surface area contributed by atoms with Crippen LogP contribution < -0.4 is 4.74 Å². The highest BCUT2D eigenvalue weighted by Gasteiger charge is 2.25. The lowest BCUT2D eigenvalue weighted by atomic mass is 9.86. The number of hydrogen-bond donors (Lipinski definition) is 0. The summed E-state index contributed by atoms with van der Waals surface area (Å²) in [5, 5.41) is 0. The average Bonchev–Trinajstić information content (AvgIpc) is 2.27. The van der Waals surface area contributed by atoms with Crippen LogP contribution in [0.15, 0.2) is 23.1 Å². The second-order valence-corrected chi connectivity index (χ2v) is 6.49. The molecule has 1 rings (SSSR count). The maximum atomic E-state index is 11.5. The van der Waals surface area contributed by atoms with Gasteiger partial charge in [0.15, 0.2) is 9.84 Å². The molecule has 0 aliphatic rings. The highest BCUT2D eigenvalue weighted by atomic mass is 32.2. The largest absolute Gasteiger partial charge is 0.496 e. The maximum absolute atomic E-state index is 11.5. The third-order valence-corrected chi connectivity index (χ3v) is 3.70. The van der Waals surface area contributed by atoms with Crippen LogP contribution in [0.4, 0.5) is 0 Å². The zero-order valence-corrected chi connectivity index (χ0v) is 11.2. The van der Waals surface area contributed by atoms with Crippen molar-refractivity contribution in [3.63, 3.8) is 0 Å². The first kappa shape index (κ1) is 13.7. The van der Waals surface area contributed by atoms with Crippen LogP contribution in [0.25, 0.3) is 0 Å². The van der Waals surface area contributed by atoms with E-state index in [2.05, 4.69) is 0 Å². The minimum atomic E-state index is -3.29. The van der Waals surface area contributed by atoms with Crippen LogP contribution in [0, 0.1) is 0 Å². The third kappa shape index (κ3) is 2.85. The van der Waals surface area contributed by atoms with Crippen molar-refractivity contribution in [2.75, 3.05) is 13.4 Å². The molecule has 0 spiro atoms. The smallest absolute Gasteiger partial charge is 0.175 e. The molecule has 94 valence electrons. The summed E-state index contributed by atoms with van der Waals surface area (Å²) >= 11 is 0. The molecule has 17 heavy (non-hydrogen) atoms. The molecule has 1 aromatic rings. The molecular weight excluding hydrogens is 240 g/mol. The van der Waals surface area contributed by atoms with Gasteiger partial charge in [0.05, 0.1) is 12.0 Å². The van der Waals surface area contributed by atoms with Crippen molar-refractivity contribution in [2.24, 2.45) is 0 Å². The number of sulfone groups is 1. The molecule has 0 N–H and O–H groups in total. The zero-order valence-electron chi connectivity index (χ0n) is 10.4. The Bertz CT molecular complexity index is 529. The Morgan fingerprint density at radius 3 is 2.29 bits per heavy atom. The molecule has 0 heterocycles. The lowest BCUT2D eigenvalue weighted by Gasteiger charge is -2.21. The predicted molar refractivity (Wildman–Crippen MR) is 65.2 cm³/mol. The number of rotatable bonds is 4. The van der Waals surface area contributed by atoms with Crippen LogP contribution in [0.3, 0.4) is 0 Å². The fourth-order valence-corrected chi connectivity index (χ4v) is 2.13. The summed E-state index contributed by atoms with van der Waals surface area (Å²) in [4.78, 5) is 11.2. The maximum Gasteiger partial charge on any atom is 0.175 e. The lowest BCUT2D eigenvalue weighted by Crippen LogP contribution is -2.20. The second kappa shape index (κ2) is 4.49. The van der Waals surface area contributed by atoms with Gasteiger partial charge in [-0.2, -0.15) is 0 Å². The van der Waals surface area contributed by atoms with E-state index in [9.17, 15) is 13.2 Å². The second-order valence-electron chi connectivity index (χ2n) is 4.47. The van der Waals surface area contributed by atoms with Crippen LogP contribution >= 0.6 is 0 Å². The first-order valence-corrected chi connectivity index (χ1v) is 6.96. The zero-order chi connectivity index (χ0) is 13.3. The van der Waals surface area contributed by atoms with Gasteiger partial charge in [-0.25, -0.2) is 8.42 Å². The normalized spacial score (nSPS) is 12.2. The number of methoxy groups -OCH3 is 1.